The lowest BCUT2D eigenvalue weighted by Gasteiger charge is -2.24. The van der Waals surface area contributed by atoms with Gasteiger partial charge in [-0.05, 0) is 45.7 Å². The van der Waals surface area contributed by atoms with Gasteiger partial charge in [0, 0.05) is 19.2 Å². The lowest BCUT2D eigenvalue weighted by molar-refractivity contribution is -0.00519. The Bertz CT molecular complexity index is 561. The van der Waals surface area contributed by atoms with Crippen molar-refractivity contribution in [2.75, 3.05) is 13.2 Å². The largest absolute Gasteiger partial charge is 0.447 e. The lowest BCUT2D eigenvalue weighted by atomic mass is 10.1. The Morgan fingerprint density at radius 2 is 2.10 bits per heavy atom. The second-order valence-corrected chi connectivity index (χ2v) is 7.59. The molecule has 0 atom stereocenters. The minimum absolute atomic E-state index is 0.0533. The van der Waals surface area contributed by atoms with Crippen molar-refractivity contribution in [3.63, 3.8) is 0 Å². The van der Waals surface area contributed by atoms with E-state index in [2.05, 4.69) is 10.0 Å². The first-order valence-corrected chi connectivity index (χ1v) is 8.76. The molecule has 1 heterocycles. The van der Waals surface area contributed by atoms with Crippen molar-refractivity contribution >= 4 is 10.0 Å². The normalized spacial score (nSPS) is 16.3. The Balaban J connectivity index is 1.92. The molecule has 0 aliphatic heterocycles. The summed E-state index contributed by atoms with van der Waals surface area (Å²) in [6, 6.07) is 3.73. The molecule has 7 heteroatoms. The zero-order valence-electron chi connectivity index (χ0n) is 12.8. The highest BCUT2D eigenvalue weighted by molar-refractivity contribution is 7.89. The highest BCUT2D eigenvalue weighted by Gasteiger charge is 2.25. The smallest absolute Gasteiger partial charge is 0.274 e. The summed E-state index contributed by atoms with van der Waals surface area (Å²) in [7, 11) is -3.64. The monoisotopic (exact) mass is 316 g/mol. The van der Waals surface area contributed by atoms with E-state index in [9.17, 15) is 8.42 Å². The van der Waals surface area contributed by atoms with Crippen LogP contribution in [-0.4, -0.2) is 33.2 Å². The van der Waals surface area contributed by atoms with Crippen LogP contribution >= 0.6 is 0 Å². The van der Waals surface area contributed by atoms with Gasteiger partial charge in [-0.25, -0.2) is 13.1 Å². The Labute approximate surface area is 126 Å². The minimum Gasteiger partial charge on any atom is -0.447 e. The third kappa shape index (κ3) is 5.10. The first-order chi connectivity index (χ1) is 9.82. The van der Waals surface area contributed by atoms with Crippen LogP contribution in [0, 0.1) is 0 Å². The van der Waals surface area contributed by atoms with Gasteiger partial charge in [-0.1, -0.05) is 0 Å². The molecule has 2 N–H and O–H groups in total. The molecule has 1 aliphatic carbocycles. The summed E-state index contributed by atoms with van der Waals surface area (Å²) in [4.78, 5) is 0. The van der Waals surface area contributed by atoms with Crippen LogP contribution in [0.5, 0.6) is 0 Å². The molecule has 21 heavy (non-hydrogen) atoms. The highest BCUT2D eigenvalue weighted by Crippen LogP contribution is 2.20. The molecule has 1 saturated carbocycles. The number of rotatable bonds is 9. The molecular weight excluding hydrogens is 292 g/mol. The van der Waals surface area contributed by atoms with E-state index in [0.29, 0.717) is 25.0 Å². The van der Waals surface area contributed by atoms with Crippen molar-refractivity contribution in [2.24, 2.45) is 0 Å². The van der Waals surface area contributed by atoms with Crippen LogP contribution < -0.4 is 10.0 Å². The molecule has 0 amide bonds. The first kappa shape index (κ1) is 16.5. The fourth-order valence-corrected chi connectivity index (χ4v) is 3.06. The molecule has 1 aromatic heterocycles. The second-order valence-electron chi connectivity index (χ2n) is 5.89. The number of sulfonamides is 1. The highest BCUT2D eigenvalue weighted by atomic mass is 32.2. The van der Waals surface area contributed by atoms with E-state index in [4.69, 9.17) is 9.15 Å². The van der Waals surface area contributed by atoms with Gasteiger partial charge in [0.25, 0.3) is 10.0 Å². The van der Waals surface area contributed by atoms with Crippen LogP contribution in [0.15, 0.2) is 21.6 Å². The van der Waals surface area contributed by atoms with E-state index in [-0.39, 0.29) is 11.6 Å². The number of furan rings is 1. The predicted molar refractivity (Wildman–Crippen MR) is 79.5 cm³/mol. The first-order valence-electron chi connectivity index (χ1n) is 7.28. The van der Waals surface area contributed by atoms with E-state index in [1.165, 1.54) is 18.9 Å². The van der Waals surface area contributed by atoms with Crippen LogP contribution in [-0.2, 0) is 21.3 Å². The van der Waals surface area contributed by atoms with E-state index < -0.39 is 15.6 Å². The number of hydrogen-bond donors (Lipinski definition) is 2. The van der Waals surface area contributed by atoms with Crippen LogP contribution in [0.3, 0.4) is 0 Å². The fraction of sp³-hybridized carbons (Fsp3) is 0.714. The summed E-state index contributed by atoms with van der Waals surface area (Å²) in [6.07, 6.45) is 2.36. The van der Waals surface area contributed by atoms with Gasteiger partial charge < -0.3 is 14.5 Å². The molecule has 120 valence electrons. The van der Waals surface area contributed by atoms with Gasteiger partial charge in [-0.15, -0.1) is 0 Å². The lowest BCUT2D eigenvalue weighted by Crippen LogP contribution is -2.40. The summed E-state index contributed by atoms with van der Waals surface area (Å²) >= 11 is 0. The fourth-order valence-electron chi connectivity index (χ4n) is 1.91. The maximum Gasteiger partial charge on any atom is 0.274 e. The Morgan fingerprint density at radius 1 is 1.38 bits per heavy atom. The van der Waals surface area contributed by atoms with Crippen molar-refractivity contribution in [2.45, 2.75) is 56.9 Å². The van der Waals surface area contributed by atoms with Crippen LogP contribution in [0.1, 0.15) is 39.4 Å². The van der Waals surface area contributed by atoms with Gasteiger partial charge in [-0.2, -0.15) is 0 Å². The quantitative estimate of drug-likeness (QED) is 0.724. The average Bonchev–Trinajstić information content (AvgIpc) is 3.10. The number of nitrogens with one attached hydrogen (secondary N) is 2. The van der Waals surface area contributed by atoms with E-state index in [1.54, 1.807) is 6.07 Å². The predicted octanol–water partition coefficient (Wildman–Crippen LogP) is 1.62. The molecule has 0 aromatic carbocycles. The van der Waals surface area contributed by atoms with E-state index in [1.807, 2.05) is 20.8 Å². The third-order valence-electron chi connectivity index (χ3n) is 3.27. The van der Waals surface area contributed by atoms with E-state index in [0.717, 1.165) is 0 Å². The van der Waals surface area contributed by atoms with Crippen LogP contribution in [0.4, 0.5) is 0 Å². The Morgan fingerprint density at radius 3 is 2.71 bits per heavy atom. The topological polar surface area (TPSA) is 80.6 Å². The summed E-state index contributed by atoms with van der Waals surface area (Å²) in [5.41, 5.74) is -0.551. The molecule has 0 bridgehead atoms. The Hall–Kier alpha value is -0.890. The summed E-state index contributed by atoms with van der Waals surface area (Å²) < 4.78 is 37.7. The van der Waals surface area contributed by atoms with Gasteiger partial charge in [0.15, 0.2) is 0 Å². The standard InChI is InChI=1S/C14H24N2O4S/c1-4-19-14(2,3)10-16-21(17,18)13-8-7-12(20-13)9-15-11-5-6-11/h7-8,11,15-16H,4-6,9-10H2,1-3H3. The van der Waals surface area contributed by atoms with Crippen molar-refractivity contribution < 1.29 is 17.6 Å². The summed E-state index contributed by atoms with van der Waals surface area (Å²) in [5.74, 6) is 0.631. The maximum atomic E-state index is 12.2. The molecule has 6 nitrogen and oxygen atoms in total. The molecule has 1 fully saturated rings. The van der Waals surface area contributed by atoms with Crippen LogP contribution in [0.2, 0.25) is 0 Å². The molecule has 0 spiro atoms. The molecule has 0 unspecified atom stereocenters. The maximum absolute atomic E-state index is 12.2. The van der Waals surface area contributed by atoms with Crippen molar-refractivity contribution in [1.29, 1.82) is 0 Å². The second kappa shape index (κ2) is 6.48. The molecule has 2 rings (SSSR count). The number of hydrogen-bond acceptors (Lipinski definition) is 5. The van der Waals surface area contributed by atoms with Gasteiger partial charge >= 0.3 is 0 Å². The van der Waals surface area contributed by atoms with Gasteiger partial charge in [0.1, 0.15) is 5.76 Å². The SMILES string of the molecule is CCOC(C)(C)CNS(=O)(=O)c1ccc(CNC2CC2)o1. The minimum atomic E-state index is -3.64. The zero-order chi connectivity index (χ0) is 15.5. The molecule has 0 radical (unpaired) electrons. The van der Waals surface area contributed by atoms with Crippen molar-refractivity contribution in [3.8, 4) is 0 Å². The third-order valence-corrected chi connectivity index (χ3v) is 4.54. The van der Waals surface area contributed by atoms with Crippen LogP contribution in [0.25, 0.3) is 0 Å². The molecule has 1 aliphatic rings. The zero-order valence-corrected chi connectivity index (χ0v) is 13.6. The van der Waals surface area contributed by atoms with E-state index >= 15 is 0 Å². The molecular formula is C14H24N2O4S. The van der Waals surface area contributed by atoms with Gasteiger partial charge in [0.2, 0.25) is 5.09 Å². The molecule has 0 saturated heterocycles. The van der Waals surface area contributed by atoms with Gasteiger partial charge in [0.05, 0.1) is 12.1 Å². The average molecular weight is 316 g/mol. The molecule has 1 aromatic rings. The van der Waals surface area contributed by atoms with Crippen molar-refractivity contribution in [1.82, 2.24) is 10.0 Å². The Kier molecular flexibility index (Phi) is 5.08. The summed E-state index contributed by atoms with van der Waals surface area (Å²) in [5, 5.41) is 3.23. The van der Waals surface area contributed by atoms with Crippen molar-refractivity contribution in [3.05, 3.63) is 17.9 Å². The summed E-state index contributed by atoms with van der Waals surface area (Å²) in [6.45, 7) is 6.84. The van der Waals surface area contributed by atoms with Gasteiger partial charge in [-0.3, -0.25) is 0 Å². The number of ether oxygens (including phenoxy) is 1.